The van der Waals surface area contributed by atoms with Gasteiger partial charge in [0.2, 0.25) is 0 Å². The van der Waals surface area contributed by atoms with Crippen LogP contribution >= 0.6 is 27.7 Å². The molecule has 0 fully saturated rings. The van der Waals surface area contributed by atoms with E-state index in [2.05, 4.69) is 26.6 Å². The Bertz CT molecular complexity index is 1600. The van der Waals surface area contributed by atoms with Gasteiger partial charge in [-0.25, -0.2) is 0 Å². The van der Waals surface area contributed by atoms with Crippen molar-refractivity contribution in [2.45, 2.75) is 4.90 Å². The van der Waals surface area contributed by atoms with Crippen molar-refractivity contribution in [2.75, 3.05) is 17.6 Å². The highest BCUT2D eigenvalue weighted by Gasteiger charge is 2.34. The van der Waals surface area contributed by atoms with Crippen molar-refractivity contribution in [3.05, 3.63) is 136 Å². The molecule has 4 aromatic carbocycles. The van der Waals surface area contributed by atoms with Gasteiger partial charge in [0.1, 0.15) is 5.70 Å². The molecule has 4 aromatic rings. The highest BCUT2D eigenvalue weighted by Crippen LogP contribution is 2.25. The fourth-order valence-electron chi connectivity index (χ4n) is 4.20. The minimum atomic E-state index is -0.469. The second-order valence-corrected chi connectivity index (χ2v) is 11.1. The van der Waals surface area contributed by atoms with Crippen molar-refractivity contribution < 1.29 is 19.2 Å². The van der Waals surface area contributed by atoms with Gasteiger partial charge < -0.3 is 10.6 Å². The topological polar surface area (TPSA) is 95.6 Å². The number of carbonyl (C=O) groups is 4. The lowest BCUT2D eigenvalue weighted by atomic mass is 10.1. The molecule has 0 saturated heterocycles. The standard InChI is InChI=1S/C32H24BrN3O4S/c33-23-12-10-21(11-13-23)20-28(35-29(37)22-6-2-1-3-7-22)30(38)34-24-14-16-25(17-15-24)41-19-18-36-31(39)26-8-4-5-9-27(26)32(36)40/h1-17,20H,18-19H2,(H,34,38)(H,35,37)/b28-20-. The summed E-state index contributed by atoms with van der Waals surface area (Å²) in [6, 6.07) is 30.1. The Morgan fingerprint density at radius 3 is 2.02 bits per heavy atom. The molecule has 1 aliphatic rings. The molecule has 0 aromatic heterocycles. The maximum Gasteiger partial charge on any atom is 0.272 e. The maximum absolute atomic E-state index is 13.2. The van der Waals surface area contributed by atoms with E-state index in [9.17, 15) is 19.2 Å². The Hall–Kier alpha value is -4.47. The molecule has 0 atom stereocenters. The number of halogens is 1. The first-order chi connectivity index (χ1) is 19.9. The van der Waals surface area contributed by atoms with Gasteiger partial charge in [0.05, 0.1) is 11.1 Å². The minimum absolute atomic E-state index is 0.0978. The lowest BCUT2D eigenvalue weighted by molar-refractivity contribution is -0.113. The van der Waals surface area contributed by atoms with Gasteiger partial charge in [-0.2, -0.15) is 0 Å². The summed E-state index contributed by atoms with van der Waals surface area (Å²) in [5, 5.41) is 5.57. The Morgan fingerprint density at radius 1 is 0.780 bits per heavy atom. The van der Waals surface area contributed by atoms with Crippen LogP contribution in [-0.4, -0.2) is 40.8 Å². The first kappa shape index (κ1) is 28.1. The van der Waals surface area contributed by atoms with Crippen LogP contribution in [0.3, 0.4) is 0 Å². The van der Waals surface area contributed by atoms with Crippen molar-refractivity contribution >= 4 is 63.1 Å². The molecule has 204 valence electrons. The van der Waals surface area contributed by atoms with Crippen molar-refractivity contribution in [3.8, 4) is 0 Å². The third-order valence-electron chi connectivity index (χ3n) is 6.28. The molecule has 4 amide bonds. The van der Waals surface area contributed by atoms with Crippen molar-refractivity contribution in [1.82, 2.24) is 10.2 Å². The molecule has 1 heterocycles. The first-order valence-corrected chi connectivity index (χ1v) is 14.5. The summed E-state index contributed by atoms with van der Waals surface area (Å²) in [5.41, 5.74) is 2.71. The summed E-state index contributed by atoms with van der Waals surface area (Å²) in [4.78, 5) is 53.3. The zero-order chi connectivity index (χ0) is 28.8. The summed E-state index contributed by atoms with van der Waals surface area (Å²) in [6.45, 7) is 0.292. The van der Waals surface area contributed by atoms with E-state index in [1.807, 2.05) is 42.5 Å². The minimum Gasteiger partial charge on any atom is -0.321 e. The molecule has 0 radical (unpaired) electrons. The van der Waals surface area contributed by atoms with Crippen LogP contribution in [0.5, 0.6) is 0 Å². The number of anilines is 1. The molecule has 7 nitrogen and oxygen atoms in total. The molecule has 2 N–H and O–H groups in total. The van der Waals surface area contributed by atoms with Crippen LogP contribution in [0.15, 0.2) is 118 Å². The van der Waals surface area contributed by atoms with Crippen LogP contribution in [-0.2, 0) is 4.79 Å². The Balaban J connectivity index is 1.21. The third-order valence-corrected chi connectivity index (χ3v) is 7.80. The van der Waals surface area contributed by atoms with Gasteiger partial charge in [0, 0.05) is 32.9 Å². The highest BCUT2D eigenvalue weighted by molar-refractivity contribution is 9.10. The molecule has 0 bridgehead atoms. The van der Waals surface area contributed by atoms with Gasteiger partial charge in [0.25, 0.3) is 23.6 Å². The summed E-state index contributed by atoms with van der Waals surface area (Å²) < 4.78 is 0.899. The number of thioether (sulfide) groups is 1. The number of imide groups is 1. The van der Waals surface area contributed by atoms with Gasteiger partial charge in [0.15, 0.2) is 0 Å². The lowest BCUT2D eigenvalue weighted by Crippen LogP contribution is -2.31. The summed E-state index contributed by atoms with van der Waals surface area (Å²) in [7, 11) is 0. The largest absolute Gasteiger partial charge is 0.321 e. The summed E-state index contributed by atoms with van der Waals surface area (Å²) >= 11 is 4.90. The van der Waals surface area contributed by atoms with Gasteiger partial charge in [-0.15, -0.1) is 11.8 Å². The average molecular weight is 627 g/mol. The van der Waals surface area contributed by atoms with E-state index in [4.69, 9.17) is 0 Å². The number of nitrogens with zero attached hydrogens (tertiary/aromatic N) is 1. The van der Waals surface area contributed by atoms with E-state index in [1.54, 1.807) is 66.7 Å². The molecule has 0 aliphatic carbocycles. The average Bonchev–Trinajstić information content (AvgIpc) is 3.24. The Labute approximate surface area is 249 Å². The predicted molar refractivity (Wildman–Crippen MR) is 164 cm³/mol. The molecular weight excluding hydrogens is 602 g/mol. The van der Waals surface area contributed by atoms with Gasteiger partial charge in [-0.1, -0.05) is 58.4 Å². The molecule has 0 saturated carbocycles. The molecule has 41 heavy (non-hydrogen) atoms. The van der Waals surface area contributed by atoms with Crippen molar-refractivity contribution in [2.24, 2.45) is 0 Å². The highest BCUT2D eigenvalue weighted by atomic mass is 79.9. The van der Waals surface area contributed by atoms with Crippen LogP contribution in [0.2, 0.25) is 0 Å². The van der Waals surface area contributed by atoms with Gasteiger partial charge in [-0.05, 0) is 72.3 Å². The summed E-state index contributed by atoms with van der Waals surface area (Å²) in [6.07, 6.45) is 1.62. The lowest BCUT2D eigenvalue weighted by Gasteiger charge is -2.14. The number of nitrogens with one attached hydrogen (secondary N) is 2. The number of amides is 4. The van der Waals surface area contributed by atoms with E-state index in [-0.39, 0.29) is 17.5 Å². The Morgan fingerprint density at radius 2 is 1.39 bits per heavy atom. The number of rotatable bonds is 9. The quantitative estimate of drug-likeness (QED) is 0.130. The summed E-state index contributed by atoms with van der Waals surface area (Å²) in [5.74, 6) is -0.869. The fourth-order valence-corrected chi connectivity index (χ4v) is 5.30. The SMILES string of the molecule is O=C(Nc1ccc(SCCN2C(=O)c3ccccc3C2=O)cc1)/C(=C/c1ccc(Br)cc1)NC(=O)c1ccccc1. The van der Waals surface area contributed by atoms with Gasteiger partial charge in [-0.3, -0.25) is 24.1 Å². The first-order valence-electron chi connectivity index (χ1n) is 12.7. The van der Waals surface area contributed by atoms with E-state index in [1.165, 1.54) is 16.7 Å². The van der Waals surface area contributed by atoms with Crippen LogP contribution in [0, 0.1) is 0 Å². The number of hydrogen-bond donors (Lipinski definition) is 2. The second-order valence-electron chi connectivity index (χ2n) is 9.06. The number of hydrogen-bond acceptors (Lipinski definition) is 5. The number of benzene rings is 4. The van der Waals surface area contributed by atoms with Crippen LogP contribution in [0.1, 0.15) is 36.6 Å². The zero-order valence-corrected chi connectivity index (χ0v) is 24.1. The van der Waals surface area contributed by atoms with E-state index in [0.29, 0.717) is 34.7 Å². The van der Waals surface area contributed by atoms with Crippen LogP contribution in [0.4, 0.5) is 5.69 Å². The van der Waals surface area contributed by atoms with E-state index < -0.39 is 11.8 Å². The number of fused-ring (bicyclic) bond motifs is 1. The van der Waals surface area contributed by atoms with E-state index in [0.717, 1.165) is 14.9 Å². The maximum atomic E-state index is 13.2. The van der Waals surface area contributed by atoms with Crippen LogP contribution in [0.25, 0.3) is 6.08 Å². The Kier molecular flexibility index (Phi) is 8.76. The molecule has 0 spiro atoms. The number of carbonyl (C=O) groups excluding carboxylic acids is 4. The monoisotopic (exact) mass is 625 g/mol. The van der Waals surface area contributed by atoms with Crippen LogP contribution < -0.4 is 10.6 Å². The molecule has 9 heteroatoms. The third kappa shape index (κ3) is 6.82. The van der Waals surface area contributed by atoms with Crippen molar-refractivity contribution in [1.29, 1.82) is 0 Å². The smallest absolute Gasteiger partial charge is 0.272 e. The van der Waals surface area contributed by atoms with Crippen molar-refractivity contribution in [3.63, 3.8) is 0 Å². The zero-order valence-electron chi connectivity index (χ0n) is 21.7. The normalized spacial score (nSPS) is 12.7. The van der Waals surface area contributed by atoms with E-state index >= 15 is 0 Å². The molecule has 1 aliphatic heterocycles. The fraction of sp³-hybridized carbons (Fsp3) is 0.0625. The van der Waals surface area contributed by atoms with Gasteiger partial charge >= 0.3 is 0 Å². The molecular formula is C32H24BrN3O4S. The second kappa shape index (κ2) is 12.8. The molecule has 0 unspecified atom stereocenters. The molecule has 5 rings (SSSR count). The predicted octanol–water partition coefficient (Wildman–Crippen LogP) is 6.25.